The highest BCUT2D eigenvalue weighted by Crippen LogP contribution is 2.35. The maximum atomic E-state index is 12.7. The number of nitrogens with zero attached hydrogens (tertiary/aromatic N) is 6. The van der Waals surface area contributed by atoms with Crippen molar-refractivity contribution in [1.29, 1.82) is 10.5 Å². The van der Waals surface area contributed by atoms with Crippen LogP contribution in [0.1, 0.15) is 162 Å². The Hall–Kier alpha value is -11.5. The van der Waals surface area contributed by atoms with E-state index in [9.17, 15) is 57.4 Å². The number of hydrogen-bond acceptors (Lipinski definition) is 25. The number of pyridine rings is 1. The standard InChI is InChI=1S/C13H18F3N3.C13H15NO3.C12H15IO3.C12H15NO5.C12H17NO3.C11H11NO3.C7H7NO3/c1-9-4-6-19(7-5-9)12-10(8-17)2-3-11(18-12)13(14,15)16;1-4-17-13(15)9(2)10-5-6-11(8-14)12(7-10)16-3;1-4-16-12(14)8(2)9-5-6-10(13)11(7-9)15-3;1-4-18-12(14)8(2)9-5-6-10(13(15)16)11(7-9)17-3;1-4-16-12(14)8(2)9-5-6-10(13)11(7-9)15-3;1-7(11(13)14)8-3-4-9(6-12)10(5-8)15-2;1-11-7-5-3-2-4-6(7)8(9)10/h2-3,9H,4-8,17H2,1H3;5-7,9H,4H2,1-3H3;5-8H,4H2,1-3H3;5-8H,4H2,1-3H3;5-8H,4,13H2,1-3H3;3-5,7H,1-2H3,(H,13,14);2-5H,1H3. The zero-order valence-corrected chi connectivity index (χ0v) is 67.7. The molecule has 112 heavy (non-hydrogen) atoms. The van der Waals surface area contributed by atoms with E-state index in [1.165, 1.54) is 58.8 Å². The number of carbonyl (C=O) groups excluding carboxylic acids is 4. The lowest BCUT2D eigenvalue weighted by molar-refractivity contribution is -0.385. The van der Waals surface area contributed by atoms with Gasteiger partial charge in [0.2, 0.25) is 0 Å². The number of carboxylic acid groups (broad SMARTS) is 1. The summed E-state index contributed by atoms with van der Waals surface area (Å²) in [7, 11) is 8.87. The van der Waals surface area contributed by atoms with Crippen LogP contribution in [0.3, 0.4) is 0 Å². The first-order chi connectivity index (χ1) is 53.1. The van der Waals surface area contributed by atoms with Crippen molar-refractivity contribution >= 4 is 75.3 Å². The molecule has 606 valence electrons. The van der Waals surface area contributed by atoms with Crippen molar-refractivity contribution in [3.05, 3.63) is 201 Å². The van der Waals surface area contributed by atoms with Gasteiger partial charge in [-0.3, -0.25) is 44.2 Å². The second kappa shape index (κ2) is 49.6. The first kappa shape index (κ1) is 96.6. The number of nitro groups is 2. The molecule has 1 saturated heterocycles. The van der Waals surface area contributed by atoms with Crippen molar-refractivity contribution in [1.82, 2.24) is 4.98 Å². The average molecular weight is 1680 g/mol. The van der Waals surface area contributed by atoms with E-state index in [1.54, 1.807) is 142 Å². The van der Waals surface area contributed by atoms with Crippen molar-refractivity contribution in [2.24, 2.45) is 11.7 Å². The number of hydrogen-bond donors (Lipinski definition) is 3. The molecular formula is C80H98F3IN8O20. The number of rotatable bonds is 24. The van der Waals surface area contributed by atoms with Crippen LogP contribution in [0.5, 0.6) is 34.5 Å². The number of benzene rings is 6. The number of nitro benzene ring substituents is 2. The quantitative estimate of drug-likeness (QED) is 0.0126. The van der Waals surface area contributed by atoms with E-state index in [2.05, 4.69) is 34.5 Å². The average Bonchev–Trinajstić information content (AvgIpc) is 0.798. The highest BCUT2D eigenvalue weighted by Gasteiger charge is 2.34. The summed E-state index contributed by atoms with van der Waals surface area (Å²) < 4.78 is 89.1. The number of nitrogens with two attached hydrogens (primary N) is 2. The van der Waals surface area contributed by atoms with Gasteiger partial charge in [0.15, 0.2) is 11.5 Å². The van der Waals surface area contributed by atoms with Crippen molar-refractivity contribution in [2.45, 2.75) is 124 Å². The fraction of sp³-hybridized carbons (Fsp3) is 0.400. The molecule has 5 N–H and O–H groups in total. The van der Waals surface area contributed by atoms with E-state index in [0.29, 0.717) is 88.9 Å². The number of ether oxygens (including phenoxy) is 10. The van der Waals surface area contributed by atoms with Crippen LogP contribution in [-0.2, 0) is 55.6 Å². The summed E-state index contributed by atoms with van der Waals surface area (Å²) in [5.41, 5.74) is 16.2. The van der Waals surface area contributed by atoms with Crippen molar-refractivity contribution in [3.63, 3.8) is 0 Å². The van der Waals surface area contributed by atoms with Crippen LogP contribution in [0.15, 0.2) is 127 Å². The Morgan fingerprint density at radius 3 is 1.27 bits per heavy atom. The Morgan fingerprint density at radius 2 is 0.902 bits per heavy atom. The van der Waals surface area contributed by atoms with Gasteiger partial charge in [-0.2, -0.15) is 23.7 Å². The highest BCUT2D eigenvalue weighted by molar-refractivity contribution is 14.1. The van der Waals surface area contributed by atoms with Gasteiger partial charge in [0.05, 0.1) is 129 Å². The predicted octanol–water partition coefficient (Wildman–Crippen LogP) is 15.6. The number of halogens is 4. The minimum Gasteiger partial charge on any atom is -0.496 e. The molecule has 0 saturated carbocycles. The Kier molecular flexibility index (Phi) is 42.8. The number of nitrogen functional groups attached to an aromatic ring is 1. The number of aromatic nitrogens is 1. The van der Waals surface area contributed by atoms with E-state index < -0.39 is 39.5 Å². The maximum Gasteiger partial charge on any atom is 0.433 e. The first-order valence-corrected chi connectivity index (χ1v) is 36.1. The molecule has 32 heteroatoms. The van der Waals surface area contributed by atoms with Gasteiger partial charge < -0.3 is 68.8 Å². The van der Waals surface area contributed by atoms with Crippen molar-refractivity contribution in [3.8, 4) is 46.6 Å². The molecule has 28 nitrogen and oxygen atoms in total. The number of para-hydroxylation sites is 2. The van der Waals surface area contributed by atoms with Crippen LogP contribution in [0.4, 0.5) is 36.1 Å². The van der Waals surface area contributed by atoms with E-state index >= 15 is 0 Å². The molecule has 0 spiro atoms. The Labute approximate surface area is 663 Å². The van der Waals surface area contributed by atoms with Crippen molar-refractivity contribution in [2.75, 3.05) is 92.8 Å². The summed E-state index contributed by atoms with van der Waals surface area (Å²) in [6, 6.07) is 37.9. The molecular weight excluding hydrogens is 1580 g/mol. The number of carboxylic acids is 1. The zero-order chi connectivity index (χ0) is 84.5. The molecule has 1 fully saturated rings. The van der Waals surface area contributed by atoms with Crippen LogP contribution in [0.2, 0.25) is 0 Å². The number of carbonyl (C=O) groups is 5. The normalized spacial score (nSPS) is 12.5. The predicted molar refractivity (Wildman–Crippen MR) is 422 cm³/mol. The van der Waals surface area contributed by atoms with Gasteiger partial charge in [-0.25, -0.2) is 4.98 Å². The smallest absolute Gasteiger partial charge is 0.433 e. The fourth-order valence-corrected chi connectivity index (χ4v) is 10.6. The lowest BCUT2D eigenvalue weighted by Gasteiger charge is -2.32. The molecule has 1 aliphatic rings. The van der Waals surface area contributed by atoms with Gasteiger partial charge in [-0.05, 0) is 198 Å². The van der Waals surface area contributed by atoms with E-state index in [-0.39, 0.29) is 71.0 Å². The highest BCUT2D eigenvalue weighted by atomic mass is 127. The summed E-state index contributed by atoms with van der Waals surface area (Å²) in [4.78, 5) is 82.7. The van der Waals surface area contributed by atoms with Gasteiger partial charge in [0.25, 0.3) is 0 Å². The van der Waals surface area contributed by atoms with Crippen LogP contribution in [0, 0.1) is 52.4 Å². The number of piperidine rings is 1. The maximum absolute atomic E-state index is 12.7. The SMILES string of the molecule is CC1CCN(c2nc(C(F)(F)F)ccc2CN)CC1.CCOC(=O)C(C)c1ccc(C#N)c(OC)c1.CCOC(=O)C(C)c1ccc(I)c(OC)c1.CCOC(=O)C(C)c1ccc(N)c(OC)c1.CCOC(=O)C(C)c1ccc([N+](=O)[O-])c(OC)c1.COc1cc(C(C)C(=O)O)ccc1C#N.COc1ccccc1[N+](=O)[O-]. The lowest BCUT2D eigenvalue weighted by atomic mass is 9.99. The van der Waals surface area contributed by atoms with E-state index in [0.717, 1.165) is 58.0 Å². The number of aliphatic carboxylic acids is 1. The summed E-state index contributed by atoms with van der Waals surface area (Å²) in [5, 5.41) is 47.5. The van der Waals surface area contributed by atoms with Crippen LogP contribution >= 0.6 is 22.6 Å². The topological polar surface area (TPSA) is 400 Å². The Morgan fingerprint density at radius 1 is 0.545 bits per heavy atom. The van der Waals surface area contributed by atoms with Gasteiger partial charge in [-0.1, -0.05) is 55.5 Å². The first-order valence-electron chi connectivity index (χ1n) is 35.0. The monoisotopic (exact) mass is 1670 g/mol. The van der Waals surface area contributed by atoms with E-state index in [1.807, 2.05) is 42.2 Å². The molecule has 0 bridgehead atoms. The largest absolute Gasteiger partial charge is 0.496 e. The summed E-state index contributed by atoms with van der Waals surface area (Å²) in [6.45, 7) is 21.0. The number of nitriles is 2. The molecule has 7 aromatic rings. The molecule has 0 aliphatic carbocycles. The molecule has 2 heterocycles. The molecule has 1 aromatic heterocycles. The van der Waals surface area contributed by atoms with Crippen LogP contribution in [-0.4, -0.2) is 132 Å². The fourth-order valence-electron chi connectivity index (χ4n) is 10.0. The van der Waals surface area contributed by atoms with Gasteiger partial charge >= 0.3 is 47.4 Å². The third kappa shape index (κ3) is 30.4. The number of anilines is 2. The minimum absolute atomic E-state index is 0.00463. The number of esters is 4. The summed E-state index contributed by atoms with van der Waals surface area (Å²) >= 11 is 2.19. The van der Waals surface area contributed by atoms with Gasteiger partial charge in [0, 0.05) is 37.3 Å². The Balaban J connectivity index is 0.000000445. The van der Waals surface area contributed by atoms with Gasteiger partial charge in [0.1, 0.15) is 46.6 Å². The lowest BCUT2D eigenvalue weighted by Crippen LogP contribution is -2.34. The molecule has 1 aliphatic heterocycles. The molecule has 0 radical (unpaired) electrons. The van der Waals surface area contributed by atoms with Gasteiger partial charge in [-0.15, -0.1) is 0 Å². The number of alkyl halides is 3. The minimum atomic E-state index is -4.41. The summed E-state index contributed by atoms with van der Waals surface area (Å²) in [6.07, 6.45) is -2.46. The molecule has 5 unspecified atom stereocenters. The molecule has 8 rings (SSSR count). The third-order valence-corrected chi connectivity index (χ3v) is 17.7. The third-order valence-electron chi connectivity index (χ3n) is 16.8. The van der Waals surface area contributed by atoms with Crippen molar-refractivity contribution < 1.29 is 99.5 Å². The van der Waals surface area contributed by atoms with Crippen LogP contribution < -0.4 is 44.8 Å². The zero-order valence-electron chi connectivity index (χ0n) is 65.5. The summed E-state index contributed by atoms with van der Waals surface area (Å²) in [5.74, 6) is -0.344. The molecule has 0 amide bonds. The number of methoxy groups -OCH3 is 6. The molecule has 5 atom stereocenters. The van der Waals surface area contributed by atoms with E-state index in [4.69, 9.17) is 74.5 Å². The molecule has 6 aromatic carbocycles. The Bertz CT molecular complexity index is 4250. The van der Waals surface area contributed by atoms with Crippen LogP contribution in [0.25, 0.3) is 0 Å². The second-order valence-corrected chi connectivity index (χ2v) is 25.3. The second-order valence-electron chi connectivity index (χ2n) is 24.2.